The first-order valence-electron chi connectivity index (χ1n) is 7.06. The third kappa shape index (κ3) is 4.11. The average Bonchev–Trinajstić information content (AvgIpc) is 2.78. The summed E-state index contributed by atoms with van der Waals surface area (Å²) in [5, 5.41) is 3.41. The second-order valence-corrected chi connectivity index (χ2v) is 5.97. The molecule has 0 atom stereocenters. The van der Waals surface area contributed by atoms with Crippen LogP contribution in [0.15, 0.2) is 24.3 Å². The van der Waals surface area contributed by atoms with E-state index in [4.69, 9.17) is 11.6 Å². The van der Waals surface area contributed by atoms with Crippen molar-refractivity contribution in [2.45, 2.75) is 13.8 Å². The topological polar surface area (TPSA) is 52.7 Å². The highest BCUT2D eigenvalue weighted by molar-refractivity contribution is 6.30. The number of nitrogens with one attached hydrogen (secondary N) is 1. The SMILES string of the molecule is CC(C)CNC(=O)CN1CCN(c2cccc(Cl)c2)C1=O. The highest BCUT2D eigenvalue weighted by Crippen LogP contribution is 2.23. The maximum Gasteiger partial charge on any atom is 0.325 e. The fourth-order valence-corrected chi connectivity index (χ4v) is 2.34. The van der Waals surface area contributed by atoms with Crippen molar-refractivity contribution in [1.29, 1.82) is 0 Å². The van der Waals surface area contributed by atoms with Crippen LogP contribution in [0.5, 0.6) is 0 Å². The Bertz CT molecular complexity index is 533. The number of benzene rings is 1. The molecule has 0 radical (unpaired) electrons. The molecule has 1 N–H and O–H groups in total. The quantitative estimate of drug-likeness (QED) is 0.908. The van der Waals surface area contributed by atoms with E-state index in [-0.39, 0.29) is 18.5 Å². The lowest BCUT2D eigenvalue weighted by atomic mass is 10.2. The van der Waals surface area contributed by atoms with Gasteiger partial charge < -0.3 is 10.2 Å². The predicted molar refractivity (Wildman–Crippen MR) is 83.6 cm³/mol. The summed E-state index contributed by atoms with van der Waals surface area (Å²) in [6.45, 7) is 5.89. The molecule has 0 bridgehead atoms. The van der Waals surface area contributed by atoms with E-state index in [9.17, 15) is 9.59 Å². The Morgan fingerprint density at radius 2 is 2.14 bits per heavy atom. The molecular formula is C15H20ClN3O2. The van der Waals surface area contributed by atoms with Crippen LogP contribution in [-0.4, -0.2) is 43.0 Å². The zero-order valence-corrected chi connectivity index (χ0v) is 13.1. The van der Waals surface area contributed by atoms with Crippen molar-refractivity contribution in [2.75, 3.05) is 31.1 Å². The molecule has 1 aromatic rings. The van der Waals surface area contributed by atoms with Crippen molar-refractivity contribution in [2.24, 2.45) is 5.92 Å². The largest absolute Gasteiger partial charge is 0.354 e. The summed E-state index contributed by atoms with van der Waals surface area (Å²) >= 11 is 5.95. The van der Waals surface area contributed by atoms with E-state index < -0.39 is 0 Å². The number of rotatable bonds is 5. The lowest BCUT2D eigenvalue weighted by Gasteiger charge is -2.19. The smallest absolute Gasteiger partial charge is 0.325 e. The molecule has 1 fully saturated rings. The summed E-state index contributed by atoms with van der Waals surface area (Å²) in [4.78, 5) is 27.3. The van der Waals surface area contributed by atoms with Crippen molar-refractivity contribution in [1.82, 2.24) is 10.2 Å². The molecule has 114 valence electrons. The summed E-state index contributed by atoms with van der Waals surface area (Å²) in [6, 6.07) is 7.01. The Balaban J connectivity index is 1.94. The second-order valence-electron chi connectivity index (χ2n) is 5.53. The molecule has 0 aliphatic carbocycles. The fourth-order valence-electron chi connectivity index (χ4n) is 2.16. The molecule has 21 heavy (non-hydrogen) atoms. The van der Waals surface area contributed by atoms with E-state index in [0.717, 1.165) is 5.69 Å². The minimum absolute atomic E-state index is 0.0998. The van der Waals surface area contributed by atoms with Crippen molar-refractivity contribution in [3.63, 3.8) is 0 Å². The second kappa shape index (κ2) is 6.80. The molecule has 1 aliphatic heterocycles. The van der Waals surface area contributed by atoms with Crippen LogP contribution in [0.4, 0.5) is 10.5 Å². The number of nitrogens with zero attached hydrogens (tertiary/aromatic N) is 2. The number of amides is 3. The molecule has 0 unspecified atom stereocenters. The molecule has 1 aliphatic rings. The van der Waals surface area contributed by atoms with Crippen LogP contribution >= 0.6 is 11.6 Å². The van der Waals surface area contributed by atoms with Crippen LogP contribution in [0.2, 0.25) is 5.02 Å². The van der Waals surface area contributed by atoms with E-state index in [0.29, 0.717) is 30.6 Å². The minimum Gasteiger partial charge on any atom is -0.354 e. The first-order chi connectivity index (χ1) is 9.97. The molecule has 1 heterocycles. The van der Waals surface area contributed by atoms with E-state index in [1.165, 1.54) is 0 Å². The van der Waals surface area contributed by atoms with Gasteiger partial charge in [-0.25, -0.2) is 4.79 Å². The number of hydrogen-bond donors (Lipinski definition) is 1. The standard InChI is InChI=1S/C15H20ClN3O2/c1-11(2)9-17-14(20)10-18-6-7-19(15(18)21)13-5-3-4-12(16)8-13/h3-5,8,11H,6-7,9-10H2,1-2H3,(H,17,20). The zero-order chi connectivity index (χ0) is 15.4. The van der Waals surface area contributed by atoms with Crippen molar-refractivity contribution < 1.29 is 9.59 Å². The van der Waals surface area contributed by atoms with Crippen LogP contribution in [0.1, 0.15) is 13.8 Å². The van der Waals surface area contributed by atoms with Crippen LogP contribution in [-0.2, 0) is 4.79 Å². The van der Waals surface area contributed by atoms with E-state index >= 15 is 0 Å². The van der Waals surface area contributed by atoms with Gasteiger partial charge in [-0.15, -0.1) is 0 Å². The monoisotopic (exact) mass is 309 g/mol. The van der Waals surface area contributed by atoms with Gasteiger partial charge in [0.05, 0.1) is 0 Å². The Kier molecular flexibility index (Phi) is 5.07. The molecule has 5 nitrogen and oxygen atoms in total. The Morgan fingerprint density at radius 1 is 1.38 bits per heavy atom. The van der Waals surface area contributed by atoms with Gasteiger partial charge in [0.2, 0.25) is 5.91 Å². The highest BCUT2D eigenvalue weighted by atomic mass is 35.5. The van der Waals surface area contributed by atoms with Gasteiger partial charge in [0.1, 0.15) is 6.54 Å². The van der Waals surface area contributed by atoms with Crippen molar-refractivity contribution >= 4 is 29.2 Å². The van der Waals surface area contributed by atoms with Crippen molar-refractivity contribution in [3.05, 3.63) is 29.3 Å². The number of carbonyl (C=O) groups excluding carboxylic acids is 2. The Labute approximate surface area is 129 Å². The molecule has 2 rings (SSSR count). The van der Waals surface area contributed by atoms with Crippen LogP contribution in [0, 0.1) is 5.92 Å². The third-order valence-corrected chi connectivity index (χ3v) is 3.49. The number of anilines is 1. The normalized spacial score (nSPS) is 15.0. The van der Waals surface area contributed by atoms with Gasteiger partial charge in [0, 0.05) is 30.3 Å². The zero-order valence-electron chi connectivity index (χ0n) is 12.3. The Hall–Kier alpha value is -1.75. The van der Waals surface area contributed by atoms with Gasteiger partial charge in [0.15, 0.2) is 0 Å². The average molecular weight is 310 g/mol. The molecule has 0 spiro atoms. The summed E-state index contributed by atoms with van der Waals surface area (Å²) in [6.07, 6.45) is 0. The minimum atomic E-state index is -0.156. The summed E-state index contributed by atoms with van der Waals surface area (Å²) in [5.41, 5.74) is 0.762. The Morgan fingerprint density at radius 3 is 2.81 bits per heavy atom. The molecule has 3 amide bonds. The highest BCUT2D eigenvalue weighted by Gasteiger charge is 2.30. The number of urea groups is 1. The van der Waals surface area contributed by atoms with E-state index in [2.05, 4.69) is 5.32 Å². The lowest BCUT2D eigenvalue weighted by molar-refractivity contribution is -0.121. The van der Waals surface area contributed by atoms with Gasteiger partial charge in [-0.3, -0.25) is 9.69 Å². The predicted octanol–water partition coefficient (Wildman–Crippen LogP) is 2.35. The van der Waals surface area contributed by atoms with E-state index in [1.807, 2.05) is 26.0 Å². The first-order valence-corrected chi connectivity index (χ1v) is 7.44. The molecule has 1 saturated heterocycles. The van der Waals surface area contributed by atoms with Crippen LogP contribution < -0.4 is 10.2 Å². The molecular weight excluding hydrogens is 290 g/mol. The maximum absolute atomic E-state index is 12.3. The molecule has 0 saturated carbocycles. The number of halogens is 1. The number of hydrogen-bond acceptors (Lipinski definition) is 2. The lowest BCUT2D eigenvalue weighted by Crippen LogP contribution is -2.40. The third-order valence-electron chi connectivity index (χ3n) is 3.26. The van der Waals surface area contributed by atoms with Crippen LogP contribution in [0.25, 0.3) is 0 Å². The summed E-state index contributed by atoms with van der Waals surface area (Å²) < 4.78 is 0. The summed E-state index contributed by atoms with van der Waals surface area (Å²) in [7, 11) is 0. The fraction of sp³-hybridized carbons (Fsp3) is 0.467. The molecule has 0 aromatic heterocycles. The number of carbonyl (C=O) groups is 2. The van der Waals surface area contributed by atoms with Gasteiger partial charge >= 0.3 is 6.03 Å². The molecule has 1 aromatic carbocycles. The van der Waals surface area contributed by atoms with E-state index in [1.54, 1.807) is 21.9 Å². The van der Waals surface area contributed by atoms with Gasteiger partial charge in [-0.2, -0.15) is 0 Å². The first kappa shape index (κ1) is 15.6. The van der Waals surface area contributed by atoms with Crippen LogP contribution in [0.3, 0.4) is 0 Å². The van der Waals surface area contributed by atoms with Gasteiger partial charge in [0.25, 0.3) is 0 Å². The van der Waals surface area contributed by atoms with Gasteiger partial charge in [-0.05, 0) is 24.1 Å². The van der Waals surface area contributed by atoms with Crippen molar-refractivity contribution in [3.8, 4) is 0 Å². The maximum atomic E-state index is 12.3. The summed E-state index contributed by atoms with van der Waals surface area (Å²) in [5.74, 6) is 0.274. The molecule has 6 heteroatoms. The van der Waals surface area contributed by atoms with Gasteiger partial charge in [-0.1, -0.05) is 31.5 Å².